The third-order valence-corrected chi connectivity index (χ3v) is 9.43. The molecule has 0 bridgehead atoms. The van der Waals surface area contributed by atoms with E-state index in [-0.39, 0.29) is 0 Å². The Balaban J connectivity index is 0. The minimum atomic E-state index is -0.591. The first kappa shape index (κ1) is 31.4. The van der Waals surface area contributed by atoms with E-state index in [0.29, 0.717) is 48.5 Å². The third kappa shape index (κ3) is 12.6. The van der Waals surface area contributed by atoms with Crippen molar-refractivity contribution in [1.82, 2.24) is 9.34 Å². The maximum absolute atomic E-state index is 8.54. The molecule has 0 aromatic carbocycles. The Kier molecular flexibility index (Phi) is 18.2. The highest BCUT2D eigenvalue weighted by molar-refractivity contribution is 7.51. The lowest BCUT2D eigenvalue weighted by Crippen LogP contribution is -2.35. The molecule has 0 amide bonds. The lowest BCUT2D eigenvalue weighted by molar-refractivity contribution is 0.253. The fourth-order valence-electron chi connectivity index (χ4n) is 3.34. The largest absolute Gasteiger partial charge is 0.346 e. The van der Waals surface area contributed by atoms with Gasteiger partial charge in [0, 0.05) is 42.6 Å². The summed E-state index contributed by atoms with van der Waals surface area (Å²) in [5.41, 5.74) is 1.10. The Morgan fingerprint density at radius 3 is 1.24 bits per heavy atom. The topological polar surface area (TPSA) is 48.7 Å². The van der Waals surface area contributed by atoms with Gasteiger partial charge in [-0.1, -0.05) is 27.7 Å². The van der Waals surface area contributed by atoms with Crippen LogP contribution in [0.15, 0.2) is 0 Å². The van der Waals surface area contributed by atoms with Gasteiger partial charge in [-0.05, 0) is 55.4 Å². The predicted octanol–water partition coefficient (Wildman–Crippen LogP) is 7.23. The van der Waals surface area contributed by atoms with E-state index in [2.05, 4.69) is 98.5 Å². The summed E-state index contributed by atoms with van der Waals surface area (Å²) in [6.45, 7) is 27.1. The molecule has 0 rings (SSSR count). The molecule has 0 aliphatic rings. The minimum Gasteiger partial charge on any atom is -0.346 e. The van der Waals surface area contributed by atoms with Gasteiger partial charge in [0.1, 0.15) is 16.6 Å². The van der Waals surface area contributed by atoms with E-state index in [0.717, 1.165) is 0 Å². The Labute approximate surface area is 185 Å². The van der Waals surface area contributed by atoms with Crippen molar-refractivity contribution in [3.05, 3.63) is 0 Å². The Bertz CT molecular complexity index is 422. The normalized spacial score (nSPS) is 14.3. The highest BCUT2D eigenvalue weighted by atomic mass is 31.2. The van der Waals surface area contributed by atoms with E-state index in [1.165, 1.54) is 0 Å². The van der Waals surface area contributed by atoms with E-state index in [9.17, 15) is 0 Å². The summed E-state index contributed by atoms with van der Waals surface area (Å²) in [7, 11) is 0.805. The van der Waals surface area contributed by atoms with Crippen molar-refractivity contribution in [3.8, 4) is 6.07 Å². The second-order valence-electron chi connectivity index (χ2n) is 8.85. The zero-order valence-corrected chi connectivity index (χ0v) is 23.2. The molecule has 29 heavy (non-hydrogen) atoms. The zero-order valence-electron chi connectivity index (χ0n) is 21.4. The van der Waals surface area contributed by atoms with Gasteiger partial charge in [-0.15, -0.1) is 0 Å². The summed E-state index contributed by atoms with van der Waals surface area (Å²) in [6, 6.07) is 4.22. The van der Waals surface area contributed by atoms with Crippen LogP contribution in [0, 0.1) is 11.3 Å². The van der Waals surface area contributed by atoms with Crippen molar-refractivity contribution in [1.29, 1.82) is 5.26 Å². The molecule has 0 aliphatic heterocycles. The molecule has 0 fully saturated rings. The molecule has 0 N–H and O–H groups in total. The summed E-state index contributed by atoms with van der Waals surface area (Å²) in [6.07, 6.45) is 0.482. The molecule has 2 atom stereocenters. The standard InChI is InChI=1S/C12H25N2OP.C10H24NOP/c1-10(2)14(11(3)4)16(12(5)6)15-9-7-8-13;1-8(2)11(9(3)4)13(12-7)10(5)6/h10-12H,7,9H2,1-6H3;8-10H,1-7H3. The Morgan fingerprint density at radius 2 is 1.03 bits per heavy atom. The van der Waals surface area contributed by atoms with Crippen LogP contribution in [-0.2, 0) is 9.05 Å². The van der Waals surface area contributed by atoms with Gasteiger partial charge in [-0.3, -0.25) is 9.34 Å². The van der Waals surface area contributed by atoms with E-state index in [4.69, 9.17) is 14.3 Å². The monoisotopic (exact) mass is 449 g/mol. The highest BCUT2D eigenvalue weighted by Crippen LogP contribution is 2.49. The van der Waals surface area contributed by atoms with Gasteiger partial charge < -0.3 is 9.05 Å². The Morgan fingerprint density at radius 1 is 0.690 bits per heavy atom. The maximum Gasteiger partial charge on any atom is 0.107 e. The van der Waals surface area contributed by atoms with Crippen molar-refractivity contribution in [2.45, 2.75) is 125 Å². The molecule has 0 aromatic rings. The van der Waals surface area contributed by atoms with Crippen LogP contribution in [0.5, 0.6) is 0 Å². The fourth-order valence-corrected chi connectivity index (χ4v) is 7.55. The molecule has 174 valence electrons. The molecule has 2 unspecified atom stereocenters. The van der Waals surface area contributed by atoms with Crippen LogP contribution in [0.2, 0.25) is 0 Å². The quantitative estimate of drug-likeness (QED) is 0.232. The van der Waals surface area contributed by atoms with Crippen LogP contribution in [0.25, 0.3) is 0 Å². The second kappa shape index (κ2) is 16.8. The molecule has 5 nitrogen and oxygen atoms in total. The number of nitriles is 1. The minimum absolute atomic E-state index is 0.426. The smallest absolute Gasteiger partial charge is 0.107 e. The summed E-state index contributed by atoms with van der Waals surface area (Å²) < 4.78 is 16.4. The molecule has 0 saturated heterocycles. The fraction of sp³-hybridized carbons (Fsp3) is 0.955. The van der Waals surface area contributed by atoms with Crippen LogP contribution in [0.4, 0.5) is 0 Å². The third-order valence-electron chi connectivity index (χ3n) is 4.08. The molecule has 7 heteroatoms. The SMILES string of the molecule is CC(C)N(C(C)C)P(OCCC#N)C(C)C.COP(C(C)C)N(C(C)C)C(C)C. The van der Waals surface area contributed by atoms with Crippen molar-refractivity contribution in [2.24, 2.45) is 0 Å². The van der Waals surface area contributed by atoms with Crippen LogP contribution in [0.3, 0.4) is 0 Å². The van der Waals surface area contributed by atoms with E-state index >= 15 is 0 Å². The molecule has 0 saturated carbocycles. The van der Waals surface area contributed by atoms with Gasteiger partial charge in [0.2, 0.25) is 0 Å². The second-order valence-corrected chi connectivity index (χ2v) is 13.7. The van der Waals surface area contributed by atoms with Crippen molar-refractivity contribution >= 4 is 16.6 Å². The van der Waals surface area contributed by atoms with Crippen LogP contribution < -0.4 is 0 Å². The zero-order chi connectivity index (χ0) is 23.3. The lowest BCUT2D eigenvalue weighted by Gasteiger charge is -2.39. The number of nitrogens with zero attached hydrogens (tertiary/aromatic N) is 3. The van der Waals surface area contributed by atoms with Crippen LogP contribution in [0.1, 0.15) is 89.5 Å². The first-order valence-electron chi connectivity index (χ1n) is 11.0. The summed E-state index contributed by atoms with van der Waals surface area (Å²) >= 11 is 0. The van der Waals surface area contributed by atoms with Gasteiger partial charge in [0.15, 0.2) is 0 Å². The van der Waals surface area contributed by atoms with E-state index in [1.54, 1.807) is 0 Å². The van der Waals surface area contributed by atoms with Crippen LogP contribution in [-0.4, -0.2) is 58.5 Å². The van der Waals surface area contributed by atoms with Crippen molar-refractivity contribution < 1.29 is 9.05 Å². The van der Waals surface area contributed by atoms with Gasteiger partial charge in [0.25, 0.3) is 0 Å². The van der Waals surface area contributed by atoms with Gasteiger partial charge in [-0.2, -0.15) is 5.26 Å². The van der Waals surface area contributed by atoms with E-state index in [1.807, 2.05) is 7.11 Å². The average Bonchev–Trinajstić information content (AvgIpc) is 2.57. The molecule has 0 aromatic heterocycles. The molecule has 0 radical (unpaired) electrons. The summed E-state index contributed by atoms with van der Waals surface area (Å²) in [5.74, 6) is 0. The average molecular weight is 450 g/mol. The molecule has 0 aliphatic carbocycles. The number of hydrogen-bond donors (Lipinski definition) is 0. The molecular formula is C22H49N3O2P2. The number of hydrogen-bond acceptors (Lipinski definition) is 5. The van der Waals surface area contributed by atoms with Crippen molar-refractivity contribution in [2.75, 3.05) is 13.7 Å². The first-order valence-corrected chi connectivity index (χ1v) is 13.6. The molecular weight excluding hydrogens is 400 g/mol. The highest BCUT2D eigenvalue weighted by Gasteiger charge is 2.28. The van der Waals surface area contributed by atoms with Gasteiger partial charge in [0.05, 0.1) is 19.1 Å². The van der Waals surface area contributed by atoms with Crippen molar-refractivity contribution in [3.63, 3.8) is 0 Å². The summed E-state index contributed by atoms with van der Waals surface area (Å²) in [5, 5.41) is 8.54. The summed E-state index contributed by atoms with van der Waals surface area (Å²) in [4.78, 5) is 0. The van der Waals surface area contributed by atoms with Gasteiger partial charge >= 0.3 is 0 Å². The molecule has 0 heterocycles. The van der Waals surface area contributed by atoms with Crippen LogP contribution >= 0.6 is 16.6 Å². The number of rotatable bonds is 12. The molecule has 0 spiro atoms. The Hall–Kier alpha value is 0.190. The maximum atomic E-state index is 8.54. The van der Waals surface area contributed by atoms with E-state index < -0.39 is 16.6 Å². The predicted molar refractivity (Wildman–Crippen MR) is 132 cm³/mol. The van der Waals surface area contributed by atoms with Gasteiger partial charge in [-0.25, -0.2) is 0 Å². The first-order chi connectivity index (χ1) is 13.3. The lowest BCUT2D eigenvalue weighted by atomic mass is 10.3.